The highest BCUT2D eigenvalue weighted by atomic mass is 35.5. The Kier molecular flexibility index (Phi) is 7.23. The second kappa shape index (κ2) is 9.40. The SMILES string of the molecule is CC(=O)/C(=C/c1ccc(Cl)c(Cl)c1)C(=O)NCCCc1ccccc1. The largest absolute Gasteiger partial charge is 0.352 e. The van der Waals surface area contributed by atoms with E-state index >= 15 is 0 Å². The highest BCUT2D eigenvalue weighted by Gasteiger charge is 2.14. The van der Waals surface area contributed by atoms with Crippen LogP contribution < -0.4 is 5.32 Å². The molecule has 0 saturated carbocycles. The summed E-state index contributed by atoms with van der Waals surface area (Å²) in [6.45, 7) is 1.87. The second-order valence-corrected chi connectivity index (χ2v) is 6.45. The van der Waals surface area contributed by atoms with Gasteiger partial charge in [0.2, 0.25) is 0 Å². The number of Topliss-reactive ketones (excluding diaryl/α,β-unsaturated/α-hetero) is 1. The lowest BCUT2D eigenvalue weighted by molar-refractivity contribution is -0.121. The summed E-state index contributed by atoms with van der Waals surface area (Å²) in [7, 11) is 0. The number of amides is 1. The van der Waals surface area contributed by atoms with Gasteiger partial charge in [-0.15, -0.1) is 0 Å². The molecule has 0 radical (unpaired) electrons. The first-order valence-corrected chi connectivity index (χ1v) is 8.73. The van der Waals surface area contributed by atoms with E-state index in [1.54, 1.807) is 18.2 Å². The van der Waals surface area contributed by atoms with Crippen LogP contribution in [0.25, 0.3) is 6.08 Å². The van der Waals surface area contributed by atoms with E-state index in [1.807, 2.05) is 30.3 Å². The normalized spacial score (nSPS) is 11.2. The van der Waals surface area contributed by atoms with Crippen LogP contribution >= 0.6 is 23.2 Å². The summed E-state index contributed by atoms with van der Waals surface area (Å²) in [6, 6.07) is 15.0. The standard InChI is InChI=1S/C20H19Cl2NO2/c1-14(24)17(12-16-9-10-18(21)19(22)13-16)20(25)23-11-5-8-15-6-3-2-4-7-15/h2-4,6-7,9-10,12-13H,5,8,11H2,1H3,(H,23,25)/b17-12-. The van der Waals surface area contributed by atoms with Crippen molar-refractivity contribution in [3.05, 3.63) is 75.3 Å². The molecule has 130 valence electrons. The van der Waals surface area contributed by atoms with Crippen molar-refractivity contribution in [3.8, 4) is 0 Å². The molecule has 0 spiro atoms. The molecule has 0 heterocycles. The molecular formula is C20H19Cl2NO2. The van der Waals surface area contributed by atoms with Gasteiger partial charge in [0.1, 0.15) is 0 Å². The predicted octanol–water partition coefficient (Wildman–Crippen LogP) is 4.71. The van der Waals surface area contributed by atoms with Gasteiger partial charge in [0.25, 0.3) is 5.91 Å². The molecule has 0 aliphatic carbocycles. The number of halogens is 2. The van der Waals surface area contributed by atoms with Crippen LogP contribution in [0.4, 0.5) is 0 Å². The van der Waals surface area contributed by atoms with Crippen molar-refractivity contribution in [2.45, 2.75) is 19.8 Å². The predicted molar refractivity (Wildman–Crippen MR) is 103 cm³/mol. The van der Waals surface area contributed by atoms with Crippen LogP contribution in [-0.2, 0) is 16.0 Å². The number of nitrogens with one attached hydrogen (secondary N) is 1. The van der Waals surface area contributed by atoms with E-state index in [1.165, 1.54) is 18.6 Å². The lowest BCUT2D eigenvalue weighted by Gasteiger charge is -2.07. The van der Waals surface area contributed by atoms with Gasteiger partial charge in [-0.2, -0.15) is 0 Å². The lowest BCUT2D eigenvalue weighted by atomic mass is 10.1. The van der Waals surface area contributed by atoms with Crippen molar-refractivity contribution in [1.29, 1.82) is 0 Å². The topological polar surface area (TPSA) is 46.2 Å². The highest BCUT2D eigenvalue weighted by molar-refractivity contribution is 6.42. The first-order valence-electron chi connectivity index (χ1n) is 7.97. The molecule has 0 bridgehead atoms. The Labute approximate surface area is 157 Å². The molecule has 2 rings (SSSR count). The number of benzene rings is 2. The van der Waals surface area contributed by atoms with E-state index in [2.05, 4.69) is 5.32 Å². The van der Waals surface area contributed by atoms with Gasteiger partial charge in [-0.3, -0.25) is 9.59 Å². The second-order valence-electron chi connectivity index (χ2n) is 5.63. The van der Waals surface area contributed by atoms with E-state index in [4.69, 9.17) is 23.2 Å². The minimum atomic E-state index is -0.383. The molecule has 0 fully saturated rings. The molecule has 25 heavy (non-hydrogen) atoms. The number of rotatable bonds is 7. The monoisotopic (exact) mass is 375 g/mol. The quantitative estimate of drug-likeness (QED) is 0.329. The average Bonchev–Trinajstić information content (AvgIpc) is 2.60. The third kappa shape index (κ3) is 6.04. The maximum Gasteiger partial charge on any atom is 0.254 e. The summed E-state index contributed by atoms with van der Waals surface area (Å²) in [4.78, 5) is 24.1. The zero-order valence-electron chi connectivity index (χ0n) is 13.9. The van der Waals surface area contributed by atoms with Crippen molar-refractivity contribution < 1.29 is 9.59 Å². The molecular weight excluding hydrogens is 357 g/mol. The summed E-state index contributed by atoms with van der Waals surface area (Å²) in [5.74, 6) is -0.682. The molecule has 1 N–H and O–H groups in total. The van der Waals surface area contributed by atoms with Crippen LogP contribution in [-0.4, -0.2) is 18.2 Å². The molecule has 5 heteroatoms. The number of carbonyl (C=O) groups is 2. The summed E-state index contributed by atoms with van der Waals surface area (Å²) in [5.41, 5.74) is 1.96. The smallest absolute Gasteiger partial charge is 0.254 e. The van der Waals surface area contributed by atoms with Crippen LogP contribution in [0.15, 0.2) is 54.1 Å². The third-order valence-corrected chi connectivity index (χ3v) is 4.39. The van der Waals surface area contributed by atoms with E-state index < -0.39 is 0 Å². The molecule has 0 unspecified atom stereocenters. The minimum Gasteiger partial charge on any atom is -0.352 e. The Morgan fingerprint density at radius 1 is 1.04 bits per heavy atom. The molecule has 0 saturated heterocycles. The summed E-state index contributed by atoms with van der Waals surface area (Å²) >= 11 is 11.8. The van der Waals surface area contributed by atoms with Crippen molar-refractivity contribution in [1.82, 2.24) is 5.32 Å². The van der Waals surface area contributed by atoms with Gasteiger partial charge >= 0.3 is 0 Å². The highest BCUT2D eigenvalue weighted by Crippen LogP contribution is 2.23. The van der Waals surface area contributed by atoms with Crippen LogP contribution in [0, 0.1) is 0 Å². The third-order valence-electron chi connectivity index (χ3n) is 3.65. The summed E-state index contributed by atoms with van der Waals surface area (Å²) in [6.07, 6.45) is 3.19. The number of aryl methyl sites for hydroxylation is 1. The average molecular weight is 376 g/mol. The Bertz CT molecular complexity index is 786. The number of ketones is 1. The van der Waals surface area contributed by atoms with Gasteiger partial charge in [0.15, 0.2) is 5.78 Å². The van der Waals surface area contributed by atoms with E-state index in [-0.39, 0.29) is 17.3 Å². The fourth-order valence-electron chi connectivity index (χ4n) is 2.33. The van der Waals surface area contributed by atoms with E-state index in [9.17, 15) is 9.59 Å². The maximum atomic E-state index is 12.3. The van der Waals surface area contributed by atoms with Crippen LogP contribution in [0.2, 0.25) is 10.0 Å². The lowest BCUT2D eigenvalue weighted by Crippen LogP contribution is -2.28. The van der Waals surface area contributed by atoms with Crippen LogP contribution in [0.3, 0.4) is 0 Å². The number of hydrogen-bond donors (Lipinski definition) is 1. The van der Waals surface area contributed by atoms with Gasteiger partial charge in [-0.1, -0.05) is 59.6 Å². The van der Waals surface area contributed by atoms with Gasteiger partial charge in [0, 0.05) is 6.54 Å². The zero-order valence-corrected chi connectivity index (χ0v) is 15.4. The molecule has 0 aromatic heterocycles. The van der Waals surface area contributed by atoms with Gasteiger partial charge in [0.05, 0.1) is 15.6 Å². The van der Waals surface area contributed by atoms with E-state index in [0.29, 0.717) is 22.2 Å². The molecule has 2 aromatic carbocycles. The van der Waals surface area contributed by atoms with Crippen molar-refractivity contribution >= 4 is 41.0 Å². The Morgan fingerprint density at radius 3 is 2.40 bits per heavy atom. The molecule has 0 aliphatic heterocycles. The maximum absolute atomic E-state index is 12.3. The fourth-order valence-corrected chi connectivity index (χ4v) is 2.64. The molecule has 2 aromatic rings. The van der Waals surface area contributed by atoms with Gasteiger partial charge < -0.3 is 5.32 Å². The zero-order chi connectivity index (χ0) is 18.2. The van der Waals surface area contributed by atoms with E-state index in [0.717, 1.165) is 12.8 Å². The molecule has 3 nitrogen and oxygen atoms in total. The number of hydrogen-bond acceptors (Lipinski definition) is 2. The Morgan fingerprint density at radius 2 is 1.76 bits per heavy atom. The van der Waals surface area contributed by atoms with Gasteiger partial charge in [-0.25, -0.2) is 0 Å². The molecule has 0 atom stereocenters. The van der Waals surface area contributed by atoms with Crippen molar-refractivity contribution in [2.75, 3.05) is 6.54 Å². The molecule has 0 aliphatic rings. The van der Waals surface area contributed by atoms with Crippen LogP contribution in [0.1, 0.15) is 24.5 Å². The van der Waals surface area contributed by atoms with Gasteiger partial charge in [-0.05, 0) is 49.1 Å². The summed E-state index contributed by atoms with van der Waals surface area (Å²) < 4.78 is 0. The Balaban J connectivity index is 1.96. The van der Waals surface area contributed by atoms with Crippen molar-refractivity contribution in [3.63, 3.8) is 0 Å². The first-order chi connectivity index (χ1) is 12.0. The summed E-state index contributed by atoms with van der Waals surface area (Å²) in [5, 5.41) is 3.59. The fraction of sp³-hybridized carbons (Fsp3) is 0.200. The number of carbonyl (C=O) groups excluding carboxylic acids is 2. The Hall–Kier alpha value is -2.10. The molecule has 1 amide bonds. The minimum absolute atomic E-state index is 0.0955. The first kappa shape index (κ1) is 19.2. The van der Waals surface area contributed by atoms with Crippen molar-refractivity contribution in [2.24, 2.45) is 0 Å². The van der Waals surface area contributed by atoms with Crippen LogP contribution in [0.5, 0.6) is 0 Å².